The summed E-state index contributed by atoms with van der Waals surface area (Å²) in [5, 5.41) is 0. The third kappa shape index (κ3) is 3.77. The minimum absolute atomic E-state index is 0.159. The lowest BCUT2D eigenvalue weighted by molar-refractivity contribution is 0.0622. The van der Waals surface area contributed by atoms with Gasteiger partial charge in [0.15, 0.2) is 0 Å². The normalized spacial score (nSPS) is 23.4. The summed E-state index contributed by atoms with van der Waals surface area (Å²) in [7, 11) is 2.05. The number of aromatic nitrogens is 2. The lowest BCUT2D eigenvalue weighted by Crippen LogP contribution is -2.40. The van der Waals surface area contributed by atoms with Gasteiger partial charge in [-0.2, -0.15) is 0 Å². The van der Waals surface area contributed by atoms with Crippen LogP contribution in [0.15, 0.2) is 36.7 Å². The zero-order chi connectivity index (χ0) is 17.3. The maximum absolute atomic E-state index is 13.4. The highest BCUT2D eigenvalue weighted by molar-refractivity contribution is 5.17. The molecule has 3 heterocycles. The summed E-state index contributed by atoms with van der Waals surface area (Å²) in [4.78, 5) is 6.92. The van der Waals surface area contributed by atoms with Crippen molar-refractivity contribution in [2.24, 2.45) is 12.5 Å². The van der Waals surface area contributed by atoms with Crippen molar-refractivity contribution >= 4 is 0 Å². The highest BCUT2D eigenvalue weighted by Crippen LogP contribution is 2.42. The van der Waals surface area contributed by atoms with Crippen molar-refractivity contribution in [3.8, 4) is 0 Å². The van der Waals surface area contributed by atoms with Crippen LogP contribution in [0, 0.1) is 11.2 Å². The fraction of sp³-hybridized carbons (Fsp3) is 0.550. The molecule has 4 nitrogen and oxygen atoms in total. The van der Waals surface area contributed by atoms with E-state index in [2.05, 4.69) is 21.5 Å². The second-order valence-electron chi connectivity index (χ2n) is 7.70. The molecule has 2 fully saturated rings. The van der Waals surface area contributed by atoms with E-state index in [0.29, 0.717) is 5.41 Å². The van der Waals surface area contributed by atoms with Gasteiger partial charge in [0.05, 0.1) is 19.3 Å². The fourth-order valence-corrected chi connectivity index (χ4v) is 4.24. The van der Waals surface area contributed by atoms with Crippen LogP contribution in [0.2, 0.25) is 0 Å². The monoisotopic (exact) mass is 343 g/mol. The van der Waals surface area contributed by atoms with Crippen LogP contribution in [0.1, 0.15) is 30.7 Å². The smallest absolute Gasteiger partial charge is 0.123 e. The molecular weight excluding hydrogens is 317 g/mol. The van der Waals surface area contributed by atoms with E-state index in [0.717, 1.165) is 50.5 Å². The number of benzene rings is 1. The average molecular weight is 343 g/mol. The first-order chi connectivity index (χ1) is 12.1. The first kappa shape index (κ1) is 16.7. The van der Waals surface area contributed by atoms with Crippen LogP contribution in [-0.2, 0) is 24.8 Å². The zero-order valence-electron chi connectivity index (χ0n) is 14.8. The van der Waals surface area contributed by atoms with E-state index in [9.17, 15) is 4.39 Å². The molecule has 0 radical (unpaired) electrons. The van der Waals surface area contributed by atoms with Gasteiger partial charge in [-0.15, -0.1) is 0 Å². The molecule has 0 bridgehead atoms. The van der Waals surface area contributed by atoms with Gasteiger partial charge < -0.3 is 9.30 Å². The third-order valence-corrected chi connectivity index (χ3v) is 5.84. The minimum Gasteiger partial charge on any atom is -0.377 e. The average Bonchev–Trinajstić information content (AvgIpc) is 3.17. The number of likely N-dealkylation sites (tertiary alicyclic amines) is 1. The van der Waals surface area contributed by atoms with Gasteiger partial charge in [0.1, 0.15) is 11.6 Å². The second kappa shape index (κ2) is 6.89. The molecule has 0 saturated carbocycles. The fourth-order valence-electron chi connectivity index (χ4n) is 4.24. The van der Waals surface area contributed by atoms with Gasteiger partial charge in [-0.25, -0.2) is 9.37 Å². The van der Waals surface area contributed by atoms with Crippen molar-refractivity contribution in [2.75, 3.05) is 19.7 Å². The number of halogens is 1. The first-order valence-corrected chi connectivity index (χ1v) is 9.17. The summed E-state index contributed by atoms with van der Waals surface area (Å²) in [5.41, 5.74) is 1.35. The number of rotatable bonds is 4. The van der Waals surface area contributed by atoms with Crippen LogP contribution in [0.3, 0.4) is 0 Å². The van der Waals surface area contributed by atoms with Gasteiger partial charge in [0.2, 0.25) is 0 Å². The number of piperidine rings is 1. The Morgan fingerprint density at radius 3 is 2.88 bits per heavy atom. The maximum atomic E-state index is 13.4. The van der Waals surface area contributed by atoms with Gasteiger partial charge in [-0.3, -0.25) is 4.90 Å². The topological polar surface area (TPSA) is 30.3 Å². The van der Waals surface area contributed by atoms with E-state index in [-0.39, 0.29) is 11.9 Å². The summed E-state index contributed by atoms with van der Waals surface area (Å²) in [6.45, 7) is 3.97. The predicted molar refractivity (Wildman–Crippen MR) is 94.6 cm³/mol. The highest BCUT2D eigenvalue weighted by Gasteiger charge is 2.42. The molecule has 4 rings (SSSR count). The Labute approximate surface area is 148 Å². The van der Waals surface area contributed by atoms with Crippen molar-refractivity contribution in [2.45, 2.75) is 38.3 Å². The molecule has 2 saturated heterocycles. The Morgan fingerprint density at radius 2 is 2.16 bits per heavy atom. The van der Waals surface area contributed by atoms with E-state index in [1.807, 2.05) is 18.5 Å². The molecule has 1 spiro atoms. The quantitative estimate of drug-likeness (QED) is 0.854. The SMILES string of the molecule is Cn1ccnc1CN1CCC2(CC1)CO[C@H](Cc1cccc(F)c1)C2. The molecule has 0 N–H and O–H groups in total. The largest absolute Gasteiger partial charge is 0.377 e. The molecule has 2 aromatic rings. The van der Waals surface area contributed by atoms with Crippen molar-refractivity contribution in [3.05, 3.63) is 53.9 Å². The number of aryl methyl sites for hydroxylation is 1. The summed E-state index contributed by atoms with van der Waals surface area (Å²) in [6, 6.07) is 6.90. The molecule has 1 aromatic carbocycles. The van der Waals surface area contributed by atoms with E-state index in [4.69, 9.17) is 4.74 Å². The Kier molecular flexibility index (Phi) is 4.61. The summed E-state index contributed by atoms with van der Waals surface area (Å²) in [5.74, 6) is 0.968. The lowest BCUT2D eigenvalue weighted by atomic mass is 9.76. The van der Waals surface area contributed by atoms with Crippen LogP contribution in [0.5, 0.6) is 0 Å². The molecule has 1 aromatic heterocycles. The first-order valence-electron chi connectivity index (χ1n) is 9.17. The molecule has 0 unspecified atom stereocenters. The van der Waals surface area contributed by atoms with E-state index >= 15 is 0 Å². The van der Waals surface area contributed by atoms with E-state index < -0.39 is 0 Å². The molecule has 2 aliphatic rings. The Bertz CT molecular complexity index is 721. The van der Waals surface area contributed by atoms with Gasteiger partial charge in [-0.1, -0.05) is 12.1 Å². The predicted octanol–water partition coefficient (Wildman–Crippen LogP) is 3.17. The summed E-state index contributed by atoms with van der Waals surface area (Å²) in [6.07, 6.45) is 8.36. The van der Waals surface area contributed by atoms with Crippen LogP contribution in [0.4, 0.5) is 4.39 Å². The second-order valence-corrected chi connectivity index (χ2v) is 7.70. The number of imidazole rings is 1. The number of nitrogens with zero attached hydrogens (tertiary/aromatic N) is 3. The number of hydrogen-bond donors (Lipinski definition) is 0. The summed E-state index contributed by atoms with van der Waals surface area (Å²) < 4.78 is 21.6. The molecule has 134 valence electrons. The Hall–Kier alpha value is -1.72. The lowest BCUT2D eigenvalue weighted by Gasteiger charge is -2.38. The molecule has 2 aliphatic heterocycles. The summed E-state index contributed by atoms with van der Waals surface area (Å²) >= 11 is 0. The van der Waals surface area contributed by atoms with Crippen LogP contribution >= 0.6 is 0 Å². The van der Waals surface area contributed by atoms with Gasteiger partial charge in [-0.05, 0) is 61.9 Å². The Balaban J connectivity index is 1.30. The Morgan fingerprint density at radius 1 is 1.32 bits per heavy atom. The molecule has 0 aliphatic carbocycles. The maximum Gasteiger partial charge on any atom is 0.123 e. The van der Waals surface area contributed by atoms with Gasteiger partial charge in [0.25, 0.3) is 0 Å². The third-order valence-electron chi connectivity index (χ3n) is 5.84. The van der Waals surface area contributed by atoms with Crippen molar-refractivity contribution in [1.82, 2.24) is 14.5 Å². The van der Waals surface area contributed by atoms with Crippen LogP contribution in [-0.4, -0.2) is 40.3 Å². The van der Waals surface area contributed by atoms with Crippen molar-refractivity contribution < 1.29 is 9.13 Å². The molecule has 25 heavy (non-hydrogen) atoms. The van der Waals surface area contributed by atoms with Crippen molar-refractivity contribution in [1.29, 1.82) is 0 Å². The standard InChI is InChI=1S/C20H26FN3O/c1-23-10-7-22-19(23)14-24-8-5-20(6-9-24)13-18(25-15-20)12-16-3-2-4-17(21)11-16/h2-4,7,10-11,18H,5-6,8-9,12-15H2,1H3/t18-/m1/s1. The van der Waals surface area contributed by atoms with Crippen LogP contribution in [0.25, 0.3) is 0 Å². The van der Waals surface area contributed by atoms with Gasteiger partial charge >= 0.3 is 0 Å². The highest BCUT2D eigenvalue weighted by atomic mass is 19.1. The molecule has 0 amide bonds. The van der Waals surface area contributed by atoms with Crippen LogP contribution < -0.4 is 0 Å². The van der Waals surface area contributed by atoms with E-state index in [1.165, 1.54) is 18.9 Å². The number of ether oxygens (including phenoxy) is 1. The van der Waals surface area contributed by atoms with Crippen molar-refractivity contribution in [3.63, 3.8) is 0 Å². The molecular formula is C20H26FN3O. The zero-order valence-corrected chi connectivity index (χ0v) is 14.8. The van der Waals surface area contributed by atoms with Gasteiger partial charge in [0, 0.05) is 19.4 Å². The minimum atomic E-state index is -0.159. The number of hydrogen-bond acceptors (Lipinski definition) is 3. The van der Waals surface area contributed by atoms with E-state index in [1.54, 1.807) is 12.1 Å². The molecule has 5 heteroatoms. The molecule has 1 atom stereocenters.